The average Bonchev–Trinajstić information content (AvgIpc) is 4.33. The van der Waals surface area contributed by atoms with E-state index in [1.807, 2.05) is 80.3 Å². The van der Waals surface area contributed by atoms with Crippen LogP contribution in [0.3, 0.4) is 0 Å². The van der Waals surface area contributed by atoms with E-state index in [0.717, 1.165) is 57.1 Å². The van der Waals surface area contributed by atoms with Crippen molar-refractivity contribution in [1.29, 1.82) is 0 Å². The Morgan fingerprint density at radius 1 is 0.346 bits per heavy atom. The van der Waals surface area contributed by atoms with E-state index in [-0.39, 0.29) is 121 Å². The fourth-order valence-electron chi connectivity index (χ4n) is 5.66. The van der Waals surface area contributed by atoms with Gasteiger partial charge in [-0.05, 0) is 43.7 Å². The van der Waals surface area contributed by atoms with Gasteiger partial charge >= 0.3 is 0 Å². The minimum atomic E-state index is 0. The Morgan fingerprint density at radius 3 is 1.24 bits per heavy atom. The zero-order chi connectivity index (χ0) is 50.3. The maximum absolute atomic E-state index is 4.10. The van der Waals surface area contributed by atoms with Crippen LogP contribution in [0.15, 0.2) is 137 Å². The van der Waals surface area contributed by atoms with Crippen LogP contribution in [0.1, 0.15) is 0 Å². The average molecular weight is 2110 g/mol. The summed E-state index contributed by atoms with van der Waals surface area (Å²) in [5.41, 5.74) is 4.75. The molecule has 0 saturated carbocycles. The molecule has 0 amide bonds. The largest absolute Gasteiger partial charge is 0.394 e. The summed E-state index contributed by atoms with van der Waals surface area (Å²) in [6, 6.07) is 22.8. The van der Waals surface area contributed by atoms with Crippen molar-refractivity contribution in [2.45, 2.75) is 0 Å². The van der Waals surface area contributed by atoms with Crippen LogP contribution in [-0.2, 0) is 163 Å². The molecular weight excluding hydrogens is 2070 g/mol. The molecule has 0 aliphatic heterocycles. The zero-order valence-corrected chi connectivity index (χ0v) is 55.7. The number of rotatable bonds is 6. The minimum absolute atomic E-state index is 0. The molecule has 12 aromatic heterocycles. The van der Waals surface area contributed by atoms with Gasteiger partial charge in [0.1, 0.15) is 44.3 Å². The van der Waals surface area contributed by atoms with Gasteiger partial charge in [-0.15, -0.1) is 57.3 Å². The van der Waals surface area contributed by atoms with Crippen LogP contribution in [0, 0.1) is 36.7 Å². The Balaban J connectivity index is 0.000000461. The van der Waals surface area contributed by atoms with Crippen molar-refractivity contribution in [2.24, 2.45) is 42.3 Å². The second-order valence-electron chi connectivity index (χ2n) is 14.3. The summed E-state index contributed by atoms with van der Waals surface area (Å²) in [6.45, 7) is 0. The van der Waals surface area contributed by atoms with Gasteiger partial charge < -0.3 is 47.3 Å². The van der Waals surface area contributed by atoms with Crippen molar-refractivity contribution < 1.29 is 121 Å². The van der Waals surface area contributed by atoms with Gasteiger partial charge in [-0.1, -0.05) is 53.4 Å². The number of nitrogens with zero attached hydrogens (tertiary/aromatic N) is 26. The zero-order valence-electron chi connectivity index (χ0n) is 41.3. The molecule has 12 rings (SSSR count). The fourth-order valence-corrected chi connectivity index (χ4v) is 5.66. The number of hydrogen-bond donors (Lipinski definition) is 0. The Labute approximate surface area is 528 Å². The Hall–Kier alpha value is -6.50. The minimum Gasteiger partial charge on any atom is -0.394 e. The normalized spacial score (nSPS) is 9.31. The van der Waals surface area contributed by atoms with Gasteiger partial charge in [-0.25, -0.2) is 11.2 Å². The summed E-state index contributed by atoms with van der Waals surface area (Å²) < 4.78 is 10.9. The molecule has 12 heterocycles. The molecule has 0 aliphatic carbocycles. The van der Waals surface area contributed by atoms with Crippen LogP contribution in [0.2, 0.25) is 0 Å². The van der Waals surface area contributed by atoms with Gasteiger partial charge in [0, 0.05) is 168 Å². The van der Waals surface area contributed by atoms with Gasteiger partial charge in [0.15, 0.2) is 0 Å². The molecule has 6 radical (unpaired) electrons. The molecule has 26 nitrogen and oxygen atoms in total. The predicted octanol–water partition coefficient (Wildman–Crippen LogP) is 2.84. The summed E-state index contributed by atoms with van der Waals surface area (Å²) in [4.78, 5) is 31.2. The molecule has 32 heteroatoms. The van der Waals surface area contributed by atoms with E-state index in [2.05, 4.69) is 138 Å². The first-order valence-corrected chi connectivity index (χ1v) is 21.0. The van der Waals surface area contributed by atoms with Crippen LogP contribution in [0.25, 0.3) is 68.6 Å². The van der Waals surface area contributed by atoms with E-state index >= 15 is 0 Å². The van der Waals surface area contributed by atoms with Crippen LogP contribution >= 0.6 is 0 Å². The van der Waals surface area contributed by atoms with Crippen molar-refractivity contribution in [2.75, 3.05) is 0 Å². The van der Waals surface area contributed by atoms with E-state index in [1.54, 1.807) is 113 Å². The van der Waals surface area contributed by atoms with Gasteiger partial charge in [0.05, 0.1) is 29.1 Å². The molecule has 0 aliphatic rings. The van der Waals surface area contributed by atoms with Crippen LogP contribution < -0.4 is 0 Å². The summed E-state index contributed by atoms with van der Waals surface area (Å²) in [6.07, 6.45) is 31.6. The molecular formula is C46H40Ir6N26-6. The molecule has 78 heavy (non-hydrogen) atoms. The SMILES string of the molecule is Cn1cnnc1-c1[c-]cccn1.Cn1cnnc1-c1[c-]ccnc1.Cn1cnnc1-c1[c-]cncc1.Cn1cnnc1-c1[c-]cncn1.Cn1cnnc1-c1[c-]nccc1.Cn1cnnc1-c1[c-]ncnc1.[Ir].[Ir].[Ir].[Ir].[Ir].[Ir]. The van der Waals surface area contributed by atoms with E-state index in [9.17, 15) is 0 Å². The van der Waals surface area contributed by atoms with Crippen LogP contribution in [0.5, 0.6) is 0 Å². The Kier molecular flexibility index (Phi) is 33.3. The Bertz CT molecular complexity index is 2810. The third-order valence-corrected chi connectivity index (χ3v) is 9.14. The second kappa shape index (κ2) is 37.3. The molecule has 0 atom stereocenters. The molecule has 0 spiro atoms. The molecule has 0 aromatic carbocycles. The molecule has 0 N–H and O–H groups in total. The monoisotopic (exact) mass is 2110 g/mol. The van der Waals surface area contributed by atoms with Crippen molar-refractivity contribution in [3.63, 3.8) is 0 Å². The predicted molar refractivity (Wildman–Crippen MR) is 254 cm³/mol. The summed E-state index contributed by atoms with van der Waals surface area (Å²) >= 11 is 0. The van der Waals surface area contributed by atoms with Gasteiger partial charge in [0.25, 0.3) is 0 Å². The number of pyridine rings is 4. The second-order valence-corrected chi connectivity index (χ2v) is 14.3. The quantitative estimate of drug-likeness (QED) is 0.216. The first-order chi connectivity index (χ1) is 35.3. The topological polar surface area (TPSA) is 287 Å². The smallest absolute Gasteiger partial charge is 0.110 e. The molecule has 0 fully saturated rings. The van der Waals surface area contributed by atoms with Gasteiger partial charge in [-0.3, -0.25) is 19.9 Å². The maximum atomic E-state index is 4.10. The van der Waals surface area contributed by atoms with Crippen LogP contribution in [-0.4, -0.2) is 128 Å². The summed E-state index contributed by atoms with van der Waals surface area (Å²) in [5, 5.41) is 46.0. The third-order valence-electron chi connectivity index (χ3n) is 9.14. The van der Waals surface area contributed by atoms with Crippen molar-refractivity contribution in [3.8, 4) is 68.6 Å². The molecule has 0 saturated heterocycles. The number of aryl methyl sites for hydroxylation is 6. The molecule has 0 unspecified atom stereocenters. The fraction of sp³-hybridized carbons (Fsp3) is 0.130. The van der Waals surface area contributed by atoms with Crippen LogP contribution in [0.4, 0.5) is 0 Å². The van der Waals surface area contributed by atoms with E-state index in [0.29, 0.717) is 11.5 Å². The first-order valence-electron chi connectivity index (χ1n) is 21.0. The standard InChI is InChI=1S/4C8H7N4.2C7H6N5.6Ir/c1-12-6-10-11-8(12)7-2-4-9-5-3-7;2*1-12-6-10-11-8(12)7-3-2-4-9-5-7;1-12-6-10-11-8(12)7-4-2-3-5-9-7;1-12-5-10-11-7(12)6-2-8-4-9-3-6;1-12-5-10-11-7(12)6-2-3-8-4-9-6;;;;;;/h2*2,4-6H,1H3;2-4,6H,1H3;2-3,5-6H,1H3;2,4-5H,1H3;3-5H,1H3;;;;;;/q6*-1;;;;;;. The molecule has 0 bridgehead atoms. The first kappa shape index (κ1) is 69.5. The molecule has 12 aromatic rings. The van der Waals surface area contributed by atoms with E-state index < -0.39 is 0 Å². The third kappa shape index (κ3) is 20.7. The number of hydrogen-bond acceptors (Lipinski definition) is 20. The van der Waals surface area contributed by atoms with Gasteiger partial charge in [0.2, 0.25) is 0 Å². The molecule has 414 valence electrons. The summed E-state index contributed by atoms with van der Waals surface area (Å²) in [7, 11) is 11.2. The van der Waals surface area contributed by atoms with E-state index in [4.69, 9.17) is 0 Å². The number of aromatic nitrogens is 26. The van der Waals surface area contributed by atoms with E-state index in [1.165, 1.54) is 12.7 Å². The van der Waals surface area contributed by atoms with Crippen molar-refractivity contribution in [3.05, 3.63) is 173 Å². The van der Waals surface area contributed by atoms with Gasteiger partial charge in [-0.2, -0.15) is 59.0 Å². The maximum Gasteiger partial charge on any atom is 0.110 e. The van der Waals surface area contributed by atoms with Crippen molar-refractivity contribution in [1.82, 2.24) is 128 Å². The Morgan fingerprint density at radius 2 is 0.833 bits per heavy atom. The summed E-state index contributed by atoms with van der Waals surface area (Å²) in [5.74, 6) is 4.51. The van der Waals surface area contributed by atoms with Crippen molar-refractivity contribution >= 4 is 0 Å².